The van der Waals surface area contributed by atoms with Crippen molar-refractivity contribution in [3.8, 4) is 12.1 Å². The first-order valence-electron chi connectivity index (χ1n) is 6.92. The molecule has 22 heavy (non-hydrogen) atoms. The zero-order valence-corrected chi connectivity index (χ0v) is 11.8. The highest BCUT2D eigenvalue weighted by Gasteiger charge is 2.03. The van der Waals surface area contributed by atoms with Gasteiger partial charge in [-0.3, -0.25) is 0 Å². The maximum atomic E-state index is 9.46. The quantitative estimate of drug-likeness (QED) is 0.501. The molecular weight excluding hydrogens is 268 g/mol. The van der Waals surface area contributed by atoms with Crippen molar-refractivity contribution in [2.45, 2.75) is 0 Å². The third-order valence-electron chi connectivity index (χ3n) is 3.57. The van der Waals surface area contributed by atoms with E-state index < -0.39 is 0 Å². The van der Waals surface area contributed by atoms with Crippen LogP contribution in [-0.4, -0.2) is 0 Å². The molecule has 0 unspecified atom stereocenters. The molecule has 2 heteroatoms. The summed E-state index contributed by atoms with van der Waals surface area (Å²) >= 11 is 0. The summed E-state index contributed by atoms with van der Waals surface area (Å²) in [6, 6.07) is 25.5. The van der Waals surface area contributed by atoms with Crippen LogP contribution in [0.25, 0.3) is 22.4 Å². The molecule has 0 aliphatic rings. The van der Waals surface area contributed by atoms with Gasteiger partial charge in [0.25, 0.3) is 0 Å². The predicted octanol–water partition coefficient (Wildman–Crippen LogP) is 4.78. The Labute approximate surface area is 129 Å². The lowest BCUT2D eigenvalue weighted by atomic mass is 9.99. The molecule has 0 heterocycles. The highest BCUT2D eigenvalue weighted by atomic mass is 14.3. The summed E-state index contributed by atoms with van der Waals surface area (Å²) in [6.45, 7) is 0. The molecule has 3 rings (SSSR count). The van der Waals surface area contributed by atoms with E-state index >= 15 is 0 Å². The third-order valence-corrected chi connectivity index (χ3v) is 3.57. The van der Waals surface area contributed by atoms with Gasteiger partial charge in [0.15, 0.2) is 0 Å². The molecule has 102 valence electrons. The highest BCUT2D eigenvalue weighted by Crippen LogP contribution is 2.24. The van der Waals surface area contributed by atoms with Gasteiger partial charge in [0.2, 0.25) is 0 Å². The number of benzene rings is 3. The van der Waals surface area contributed by atoms with Crippen LogP contribution in [0.5, 0.6) is 0 Å². The van der Waals surface area contributed by atoms with Gasteiger partial charge in [-0.25, -0.2) is 0 Å². The van der Waals surface area contributed by atoms with Gasteiger partial charge in [-0.15, -0.1) is 0 Å². The molecule has 0 radical (unpaired) electrons. The molecule has 3 aromatic rings. The lowest BCUT2D eigenvalue weighted by molar-refractivity contribution is 1.47. The summed E-state index contributed by atoms with van der Waals surface area (Å²) < 4.78 is 0. The summed E-state index contributed by atoms with van der Waals surface area (Å²) in [5, 5.41) is 20.6. The molecule has 3 aromatic carbocycles. The van der Waals surface area contributed by atoms with Crippen molar-refractivity contribution in [2.24, 2.45) is 0 Å². The van der Waals surface area contributed by atoms with Gasteiger partial charge in [-0.1, -0.05) is 54.6 Å². The minimum absolute atomic E-state index is 0.584. The van der Waals surface area contributed by atoms with E-state index in [1.165, 1.54) is 0 Å². The Morgan fingerprint density at radius 1 is 0.818 bits per heavy atom. The third kappa shape index (κ3) is 2.59. The second kappa shape index (κ2) is 5.95. The number of nitriles is 2. The Bertz CT molecular complexity index is 931. The minimum Gasteiger partial charge on any atom is -0.192 e. The molecule has 0 fully saturated rings. The smallest absolute Gasteiger partial charge is 0.0998 e. The number of hydrogen-bond donors (Lipinski definition) is 0. The molecule has 0 aliphatic heterocycles. The van der Waals surface area contributed by atoms with E-state index in [9.17, 15) is 5.26 Å². The molecule has 0 atom stereocenters. The van der Waals surface area contributed by atoms with E-state index in [2.05, 4.69) is 30.3 Å². The van der Waals surface area contributed by atoms with Crippen molar-refractivity contribution in [1.29, 1.82) is 10.5 Å². The molecule has 0 N–H and O–H groups in total. The zero-order valence-electron chi connectivity index (χ0n) is 11.8. The molecule has 0 saturated carbocycles. The maximum Gasteiger partial charge on any atom is 0.0998 e. The van der Waals surface area contributed by atoms with Crippen molar-refractivity contribution in [3.63, 3.8) is 0 Å². The van der Waals surface area contributed by atoms with E-state index in [0.29, 0.717) is 11.1 Å². The fourth-order valence-corrected chi connectivity index (χ4v) is 2.44. The number of hydrogen-bond acceptors (Lipinski definition) is 2. The van der Waals surface area contributed by atoms with E-state index in [-0.39, 0.29) is 0 Å². The summed E-state index contributed by atoms with van der Waals surface area (Å²) in [7, 11) is 0. The molecule has 2 nitrogen and oxygen atoms in total. The highest BCUT2D eigenvalue weighted by molar-refractivity contribution is 5.98. The SMILES string of the molecule is N#CC(=Cc1cccc2ccccc12)c1ccc(C#N)cc1. The Balaban J connectivity index is 2.11. The van der Waals surface area contributed by atoms with Crippen molar-refractivity contribution < 1.29 is 0 Å². The van der Waals surface area contributed by atoms with Crippen LogP contribution in [0, 0.1) is 22.7 Å². The molecule has 0 saturated heterocycles. The van der Waals surface area contributed by atoms with E-state index in [0.717, 1.165) is 21.9 Å². The van der Waals surface area contributed by atoms with Gasteiger partial charge in [0, 0.05) is 0 Å². The van der Waals surface area contributed by atoms with Gasteiger partial charge >= 0.3 is 0 Å². The van der Waals surface area contributed by atoms with Crippen molar-refractivity contribution in [3.05, 3.63) is 83.4 Å². The molecule has 0 amide bonds. The Hall–Kier alpha value is -3.36. The van der Waals surface area contributed by atoms with Gasteiger partial charge in [0.05, 0.1) is 23.3 Å². The summed E-state index contributed by atoms with van der Waals surface area (Å²) in [6.07, 6.45) is 1.89. The maximum absolute atomic E-state index is 9.46. The lowest BCUT2D eigenvalue weighted by Crippen LogP contribution is -1.84. The monoisotopic (exact) mass is 280 g/mol. The Morgan fingerprint density at radius 3 is 2.27 bits per heavy atom. The average molecular weight is 280 g/mol. The van der Waals surface area contributed by atoms with Crippen LogP contribution in [0.4, 0.5) is 0 Å². The first kappa shape index (κ1) is 13.6. The average Bonchev–Trinajstić information content (AvgIpc) is 2.60. The lowest BCUT2D eigenvalue weighted by Gasteiger charge is -2.04. The largest absolute Gasteiger partial charge is 0.192 e. The Morgan fingerprint density at radius 2 is 1.55 bits per heavy atom. The number of allylic oxidation sites excluding steroid dienone is 1. The van der Waals surface area contributed by atoms with Crippen LogP contribution in [-0.2, 0) is 0 Å². The number of fused-ring (bicyclic) bond motifs is 1. The standard InChI is InChI=1S/C20H12N2/c21-13-15-8-10-16(11-9-15)19(14-22)12-18-6-3-5-17-4-1-2-7-20(17)18/h1-12H. The molecule has 0 spiro atoms. The van der Waals surface area contributed by atoms with Crippen LogP contribution >= 0.6 is 0 Å². The second-order valence-electron chi connectivity index (χ2n) is 4.93. The van der Waals surface area contributed by atoms with E-state index in [4.69, 9.17) is 5.26 Å². The summed E-state index contributed by atoms with van der Waals surface area (Å²) in [4.78, 5) is 0. The van der Waals surface area contributed by atoms with E-state index in [1.54, 1.807) is 24.3 Å². The van der Waals surface area contributed by atoms with Crippen molar-refractivity contribution in [1.82, 2.24) is 0 Å². The van der Waals surface area contributed by atoms with Crippen LogP contribution in [0.15, 0.2) is 66.7 Å². The van der Waals surface area contributed by atoms with Gasteiger partial charge in [-0.2, -0.15) is 10.5 Å². The van der Waals surface area contributed by atoms with Crippen LogP contribution < -0.4 is 0 Å². The summed E-state index contributed by atoms with van der Waals surface area (Å²) in [5.74, 6) is 0. The predicted molar refractivity (Wildman–Crippen MR) is 88.6 cm³/mol. The van der Waals surface area contributed by atoms with E-state index in [1.807, 2.05) is 30.3 Å². The zero-order chi connectivity index (χ0) is 15.4. The van der Waals surface area contributed by atoms with Gasteiger partial charge < -0.3 is 0 Å². The van der Waals surface area contributed by atoms with Crippen LogP contribution in [0.2, 0.25) is 0 Å². The van der Waals surface area contributed by atoms with Crippen LogP contribution in [0.3, 0.4) is 0 Å². The van der Waals surface area contributed by atoms with Crippen LogP contribution in [0.1, 0.15) is 16.7 Å². The Kier molecular flexibility index (Phi) is 3.69. The van der Waals surface area contributed by atoms with Gasteiger partial charge in [-0.05, 0) is 40.1 Å². The first-order valence-corrected chi connectivity index (χ1v) is 6.92. The van der Waals surface area contributed by atoms with Crippen molar-refractivity contribution >= 4 is 22.4 Å². The minimum atomic E-state index is 0.584. The topological polar surface area (TPSA) is 47.6 Å². The normalized spacial score (nSPS) is 10.9. The first-order chi connectivity index (χ1) is 10.8. The number of rotatable bonds is 2. The molecule has 0 aliphatic carbocycles. The second-order valence-corrected chi connectivity index (χ2v) is 4.93. The molecule has 0 aromatic heterocycles. The van der Waals surface area contributed by atoms with Gasteiger partial charge in [0.1, 0.15) is 0 Å². The fraction of sp³-hybridized carbons (Fsp3) is 0. The molecule has 0 bridgehead atoms. The number of nitrogens with zero attached hydrogens (tertiary/aromatic N) is 2. The van der Waals surface area contributed by atoms with Crippen molar-refractivity contribution in [2.75, 3.05) is 0 Å². The fourth-order valence-electron chi connectivity index (χ4n) is 2.44. The summed E-state index contributed by atoms with van der Waals surface area (Å²) in [5.41, 5.74) is 3.00. The molecular formula is C20H12N2.